The summed E-state index contributed by atoms with van der Waals surface area (Å²) in [7, 11) is 1.38. The number of aliphatic hydroxyl groups is 1. The number of hydrogen-bond acceptors (Lipinski definition) is 7. The van der Waals surface area contributed by atoms with Crippen molar-refractivity contribution in [3.63, 3.8) is 0 Å². The van der Waals surface area contributed by atoms with Gasteiger partial charge in [-0.15, -0.1) is 0 Å². The van der Waals surface area contributed by atoms with Gasteiger partial charge in [0.05, 0.1) is 25.5 Å². The van der Waals surface area contributed by atoms with E-state index in [2.05, 4.69) is 15.6 Å². The van der Waals surface area contributed by atoms with E-state index in [1.54, 1.807) is 6.92 Å². The van der Waals surface area contributed by atoms with Gasteiger partial charge < -0.3 is 30.0 Å². The molecule has 1 aromatic heterocycles. The van der Waals surface area contributed by atoms with Gasteiger partial charge in [0, 0.05) is 22.2 Å². The predicted octanol–water partition coefficient (Wildman–Crippen LogP) is 5.72. The van der Waals surface area contributed by atoms with Crippen LogP contribution in [0.5, 0.6) is 17.2 Å². The molecule has 2 heterocycles. The van der Waals surface area contributed by atoms with Crippen molar-refractivity contribution >= 4 is 11.8 Å². The summed E-state index contributed by atoms with van der Waals surface area (Å²) in [5.41, 5.74) is -6.36. The topological polar surface area (TPSA) is 119 Å². The summed E-state index contributed by atoms with van der Waals surface area (Å²) in [6.45, 7) is 1.97. The number of halogens is 4. The quantitative estimate of drug-likeness (QED) is 0.236. The van der Waals surface area contributed by atoms with E-state index in [1.165, 1.54) is 37.4 Å². The monoisotopic (exact) mass is 671 g/mol. The number of nitrogens with zero attached hydrogens (tertiary/aromatic N) is 1. The van der Waals surface area contributed by atoms with Crippen molar-refractivity contribution in [3.05, 3.63) is 71.2 Å². The zero-order valence-electron chi connectivity index (χ0n) is 26.8. The summed E-state index contributed by atoms with van der Waals surface area (Å²) >= 11 is 0. The largest absolute Gasteiger partial charge is 0.493 e. The molecule has 9 nitrogen and oxygen atoms in total. The molecule has 2 fully saturated rings. The maximum Gasteiger partial charge on any atom is 0.424 e. The second-order valence-corrected chi connectivity index (χ2v) is 13.3. The Bertz CT molecular complexity index is 1720. The third-order valence-corrected chi connectivity index (χ3v) is 9.46. The van der Waals surface area contributed by atoms with Crippen molar-refractivity contribution in [3.8, 4) is 28.5 Å². The highest BCUT2D eigenvalue weighted by Gasteiger charge is 2.58. The number of methoxy groups -OCH3 is 1. The summed E-state index contributed by atoms with van der Waals surface area (Å²) < 4.78 is 75.6. The highest BCUT2D eigenvalue weighted by atomic mass is 19.4. The van der Waals surface area contributed by atoms with E-state index in [9.17, 15) is 32.3 Å². The van der Waals surface area contributed by atoms with E-state index in [-0.39, 0.29) is 46.6 Å². The summed E-state index contributed by atoms with van der Waals surface area (Å²) in [6.07, 6.45) is -0.161. The van der Waals surface area contributed by atoms with Crippen LogP contribution < -0.4 is 24.8 Å². The third kappa shape index (κ3) is 6.27. The lowest BCUT2D eigenvalue weighted by Crippen LogP contribution is -2.53. The molecule has 256 valence electrons. The van der Waals surface area contributed by atoms with Crippen LogP contribution in [0.25, 0.3) is 11.3 Å². The number of alkyl halides is 3. The molecule has 0 radical (unpaired) electrons. The van der Waals surface area contributed by atoms with Crippen LogP contribution >= 0.6 is 0 Å². The zero-order chi connectivity index (χ0) is 34.5. The molecule has 2 aromatic carbocycles. The summed E-state index contributed by atoms with van der Waals surface area (Å²) in [5.74, 6) is -1.26. The van der Waals surface area contributed by atoms with E-state index < -0.39 is 52.6 Å². The molecular weight excluding hydrogens is 634 g/mol. The maximum absolute atomic E-state index is 14.9. The van der Waals surface area contributed by atoms with Crippen LogP contribution in [0.15, 0.2) is 48.5 Å². The van der Waals surface area contributed by atoms with E-state index in [0.717, 1.165) is 56.7 Å². The highest BCUT2D eigenvalue weighted by Crippen LogP contribution is 2.48. The van der Waals surface area contributed by atoms with Crippen molar-refractivity contribution in [2.45, 2.75) is 81.2 Å². The number of pyridine rings is 1. The van der Waals surface area contributed by atoms with Gasteiger partial charge in [-0.05, 0) is 88.1 Å². The van der Waals surface area contributed by atoms with Gasteiger partial charge in [0.2, 0.25) is 11.5 Å². The molecule has 3 aliphatic rings. The molecule has 3 N–H and O–H groups in total. The first kappa shape index (κ1) is 33.5. The summed E-state index contributed by atoms with van der Waals surface area (Å²) in [4.78, 5) is 31.2. The minimum atomic E-state index is -5.34. The number of hydrogen-bond donors (Lipinski definition) is 3. The van der Waals surface area contributed by atoms with Crippen LogP contribution in [0.2, 0.25) is 0 Å². The highest BCUT2D eigenvalue weighted by molar-refractivity contribution is 5.95. The molecule has 3 aromatic rings. The molecule has 13 heteroatoms. The average Bonchev–Trinajstić information content (AvgIpc) is 3.66. The lowest BCUT2D eigenvalue weighted by atomic mass is 9.80. The standard InChI is InChI=1S/C35H37F4N3O6/c1-32(14-4-5-15-32)42-31(44)33(2)19-47-29-24(33)17-27(41-28(29)20-6-9-22(36)10-7-20)34(45,35(37,38)39)18-40-30(43)21-8-13-25(26(16-21)46-3)48-23-11-12-23/h6-10,13,16-17,23,45H,4-5,11-12,14-15,18-19H2,1-3H3,(H,40,43)(H,42,44)/t33-,34?/m0/s1. The number of nitrogens with one attached hydrogen (secondary N) is 2. The Hall–Kier alpha value is -4.39. The van der Waals surface area contributed by atoms with Crippen molar-refractivity contribution in [1.29, 1.82) is 0 Å². The van der Waals surface area contributed by atoms with Gasteiger partial charge in [-0.3, -0.25) is 9.59 Å². The van der Waals surface area contributed by atoms with E-state index in [1.807, 2.05) is 6.92 Å². The predicted molar refractivity (Wildman–Crippen MR) is 166 cm³/mol. The second kappa shape index (κ2) is 12.2. The van der Waals surface area contributed by atoms with Gasteiger partial charge in [0.25, 0.3) is 5.91 Å². The fraction of sp³-hybridized carbons (Fsp3) is 0.457. The Morgan fingerprint density at radius 3 is 2.35 bits per heavy atom. The summed E-state index contributed by atoms with van der Waals surface area (Å²) in [5, 5.41) is 16.7. The summed E-state index contributed by atoms with van der Waals surface area (Å²) in [6, 6.07) is 10.1. The number of fused-ring (bicyclic) bond motifs is 1. The van der Waals surface area contributed by atoms with Gasteiger partial charge >= 0.3 is 6.18 Å². The maximum atomic E-state index is 14.9. The molecule has 1 unspecified atom stereocenters. The number of benzene rings is 2. The molecule has 2 aliphatic carbocycles. The molecule has 2 atom stereocenters. The molecule has 2 amide bonds. The Balaban J connectivity index is 1.37. The number of amides is 2. The fourth-order valence-electron chi connectivity index (χ4n) is 6.20. The Morgan fingerprint density at radius 2 is 1.73 bits per heavy atom. The van der Waals surface area contributed by atoms with Crippen molar-refractivity contribution in [2.24, 2.45) is 0 Å². The number of rotatable bonds is 10. The molecule has 2 saturated carbocycles. The van der Waals surface area contributed by atoms with Crippen LogP contribution in [0.1, 0.15) is 74.0 Å². The molecule has 0 spiro atoms. The first-order valence-corrected chi connectivity index (χ1v) is 15.9. The van der Waals surface area contributed by atoms with Gasteiger partial charge in [-0.2, -0.15) is 13.2 Å². The number of ether oxygens (including phenoxy) is 3. The Kier molecular flexibility index (Phi) is 8.55. The van der Waals surface area contributed by atoms with E-state index in [0.29, 0.717) is 5.75 Å². The Labute approximate surface area is 275 Å². The van der Waals surface area contributed by atoms with Gasteiger partial charge in [0.1, 0.15) is 29.3 Å². The molecule has 1 aliphatic heterocycles. The lowest BCUT2D eigenvalue weighted by molar-refractivity contribution is -0.265. The van der Waals surface area contributed by atoms with Gasteiger partial charge in [-0.25, -0.2) is 9.37 Å². The van der Waals surface area contributed by atoms with Crippen molar-refractivity contribution in [2.75, 3.05) is 20.3 Å². The third-order valence-electron chi connectivity index (χ3n) is 9.46. The minimum Gasteiger partial charge on any atom is -0.493 e. The first-order chi connectivity index (χ1) is 22.7. The smallest absolute Gasteiger partial charge is 0.424 e. The Morgan fingerprint density at radius 1 is 1.04 bits per heavy atom. The zero-order valence-corrected chi connectivity index (χ0v) is 26.8. The van der Waals surface area contributed by atoms with Crippen LogP contribution in [0.3, 0.4) is 0 Å². The molecule has 0 saturated heterocycles. The molecule has 6 rings (SSSR count). The first-order valence-electron chi connectivity index (χ1n) is 15.9. The lowest BCUT2D eigenvalue weighted by Gasteiger charge is -2.33. The van der Waals surface area contributed by atoms with Crippen molar-refractivity contribution < 1.29 is 46.5 Å². The van der Waals surface area contributed by atoms with Crippen molar-refractivity contribution in [1.82, 2.24) is 15.6 Å². The SMILES string of the molecule is COc1cc(C(=O)NCC(O)(c2cc3c(c(-c4ccc(F)cc4)n2)OC[C@]3(C)C(=O)NC2(C)CCCC2)C(F)(F)F)ccc1OC1CC1. The number of aromatic nitrogens is 1. The molecule has 48 heavy (non-hydrogen) atoms. The fourth-order valence-corrected chi connectivity index (χ4v) is 6.20. The van der Waals surface area contributed by atoms with Crippen LogP contribution in [-0.2, 0) is 15.8 Å². The minimum absolute atomic E-state index is 0.0218. The molecular formula is C35H37F4N3O6. The second-order valence-electron chi connectivity index (χ2n) is 13.3. The van der Waals surface area contributed by atoms with Crippen LogP contribution in [0, 0.1) is 5.82 Å². The normalized spacial score (nSPS) is 21.1. The van der Waals surface area contributed by atoms with Gasteiger partial charge in [-0.1, -0.05) is 12.8 Å². The van der Waals surface area contributed by atoms with E-state index in [4.69, 9.17) is 14.2 Å². The van der Waals surface area contributed by atoms with Gasteiger partial charge in [0.15, 0.2) is 11.5 Å². The number of carbonyl (C=O) groups excluding carboxylic acids is 2. The van der Waals surface area contributed by atoms with Crippen LogP contribution in [-0.4, -0.2) is 60.0 Å². The van der Waals surface area contributed by atoms with E-state index >= 15 is 0 Å². The average molecular weight is 672 g/mol. The molecule has 0 bridgehead atoms. The number of carbonyl (C=O) groups is 2. The van der Waals surface area contributed by atoms with Crippen LogP contribution in [0.4, 0.5) is 17.6 Å².